The second kappa shape index (κ2) is 6.49. The van der Waals surface area contributed by atoms with Gasteiger partial charge in [-0.3, -0.25) is 10.1 Å². The monoisotopic (exact) mass is 292 g/mol. The van der Waals surface area contributed by atoms with Gasteiger partial charge < -0.3 is 5.32 Å². The first-order chi connectivity index (χ1) is 9.61. The number of benzene rings is 2. The van der Waals surface area contributed by atoms with Gasteiger partial charge >= 0.3 is 0 Å². The molecule has 0 aromatic heterocycles. The Hall–Kier alpha value is -1.92. The summed E-state index contributed by atoms with van der Waals surface area (Å²) < 4.78 is 13.1. The molecule has 2 aromatic carbocycles. The van der Waals surface area contributed by atoms with E-state index in [2.05, 4.69) is 5.32 Å². The van der Waals surface area contributed by atoms with Gasteiger partial charge in [-0.05, 0) is 30.8 Å². The third-order valence-electron chi connectivity index (χ3n) is 2.68. The average Bonchev–Trinajstić information content (AvgIpc) is 2.43. The Bertz CT molecular complexity index is 634. The predicted octanol–water partition coefficient (Wildman–Crippen LogP) is 3.60. The van der Waals surface area contributed by atoms with Crippen molar-refractivity contribution in [1.29, 1.82) is 0 Å². The summed E-state index contributed by atoms with van der Waals surface area (Å²) in [7, 11) is 1.84. The van der Waals surface area contributed by atoms with Crippen LogP contribution >= 0.6 is 11.8 Å². The number of nitrogens with zero attached hydrogens (tertiary/aromatic N) is 1. The molecular formula is C14H13FN2O2S. The summed E-state index contributed by atoms with van der Waals surface area (Å²) in [4.78, 5) is 11.8. The molecule has 2 rings (SSSR count). The SMILES string of the molecule is CNCc1ccccc1Sc1ccc(F)cc1[N+](=O)[O-]. The van der Waals surface area contributed by atoms with Gasteiger partial charge in [0.15, 0.2) is 0 Å². The van der Waals surface area contributed by atoms with Gasteiger partial charge in [0.2, 0.25) is 0 Å². The molecule has 104 valence electrons. The van der Waals surface area contributed by atoms with Crippen molar-refractivity contribution in [2.45, 2.75) is 16.3 Å². The smallest absolute Gasteiger partial charge is 0.286 e. The molecule has 0 heterocycles. The summed E-state index contributed by atoms with van der Waals surface area (Å²) in [5.41, 5.74) is 0.827. The highest BCUT2D eigenvalue weighted by atomic mass is 32.2. The van der Waals surface area contributed by atoms with Crippen LogP contribution in [0.2, 0.25) is 0 Å². The fraction of sp³-hybridized carbons (Fsp3) is 0.143. The van der Waals surface area contributed by atoms with Gasteiger partial charge in [0, 0.05) is 11.4 Å². The van der Waals surface area contributed by atoms with E-state index in [4.69, 9.17) is 0 Å². The van der Waals surface area contributed by atoms with Gasteiger partial charge in [-0.1, -0.05) is 30.0 Å². The van der Waals surface area contributed by atoms with E-state index < -0.39 is 10.7 Å². The summed E-state index contributed by atoms with van der Waals surface area (Å²) in [5.74, 6) is -0.607. The zero-order valence-electron chi connectivity index (χ0n) is 10.8. The number of nitro benzene ring substituents is 1. The van der Waals surface area contributed by atoms with Crippen LogP contribution in [0.4, 0.5) is 10.1 Å². The molecule has 6 heteroatoms. The lowest BCUT2D eigenvalue weighted by Crippen LogP contribution is -2.05. The molecular weight excluding hydrogens is 279 g/mol. The molecule has 20 heavy (non-hydrogen) atoms. The first-order valence-electron chi connectivity index (χ1n) is 5.96. The number of hydrogen-bond donors (Lipinski definition) is 1. The number of rotatable bonds is 5. The minimum Gasteiger partial charge on any atom is -0.316 e. The summed E-state index contributed by atoms with van der Waals surface area (Å²) >= 11 is 1.27. The first kappa shape index (κ1) is 14.5. The molecule has 0 saturated heterocycles. The Morgan fingerprint density at radius 3 is 2.70 bits per heavy atom. The average molecular weight is 292 g/mol. The number of nitrogens with one attached hydrogen (secondary N) is 1. The molecule has 0 atom stereocenters. The molecule has 0 aliphatic rings. The molecule has 0 saturated carbocycles. The first-order valence-corrected chi connectivity index (χ1v) is 6.77. The van der Waals surface area contributed by atoms with E-state index in [1.807, 2.05) is 31.3 Å². The molecule has 0 radical (unpaired) electrons. The van der Waals surface area contributed by atoms with E-state index in [9.17, 15) is 14.5 Å². The lowest BCUT2D eigenvalue weighted by molar-refractivity contribution is -0.387. The van der Waals surface area contributed by atoms with Crippen molar-refractivity contribution in [3.8, 4) is 0 Å². The van der Waals surface area contributed by atoms with E-state index in [1.165, 1.54) is 23.9 Å². The van der Waals surface area contributed by atoms with E-state index in [0.29, 0.717) is 11.4 Å². The fourth-order valence-corrected chi connectivity index (χ4v) is 2.81. The zero-order chi connectivity index (χ0) is 14.5. The van der Waals surface area contributed by atoms with Crippen LogP contribution < -0.4 is 5.32 Å². The maximum absolute atomic E-state index is 13.1. The fourth-order valence-electron chi connectivity index (χ4n) is 1.78. The van der Waals surface area contributed by atoms with E-state index in [0.717, 1.165) is 16.5 Å². The van der Waals surface area contributed by atoms with Crippen molar-refractivity contribution in [3.05, 3.63) is 64.0 Å². The highest BCUT2D eigenvalue weighted by Gasteiger charge is 2.16. The number of halogens is 1. The van der Waals surface area contributed by atoms with Gasteiger partial charge in [0.05, 0.1) is 15.9 Å². The minimum absolute atomic E-state index is 0.214. The van der Waals surface area contributed by atoms with E-state index in [-0.39, 0.29) is 5.69 Å². The van der Waals surface area contributed by atoms with Crippen LogP contribution in [0.1, 0.15) is 5.56 Å². The second-order valence-electron chi connectivity index (χ2n) is 4.11. The number of hydrogen-bond acceptors (Lipinski definition) is 4. The molecule has 0 unspecified atom stereocenters. The maximum Gasteiger partial charge on any atom is 0.286 e. The van der Waals surface area contributed by atoms with Gasteiger partial charge in [0.25, 0.3) is 5.69 Å². The Kier molecular flexibility index (Phi) is 4.70. The Balaban J connectivity index is 2.37. The Morgan fingerprint density at radius 2 is 2.00 bits per heavy atom. The lowest BCUT2D eigenvalue weighted by atomic mass is 10.2. The summed E-state index contributed by atoms with van der Waals surface area (Å²) in [6, 6.07) is 11.2. The zero-order valence-corrected chi connectivity index (χ0v) is 11.6. The van der Waals surface area contributed by atoms with Gasteiger partial charge in [0.1, 0.15) is 5.82 Å². The van der Waals surface area contributed by atoms with Crippen molar-refractivity contribution in [2.24, 2.45) is 0 Å². The third kappa shape index (κ3) is 3.34. The topological polar surface area (TPSA) is 55.2 Å². The van der Waals surface area contributed by atoms with E-state index in [1.54, 1.807) is 0 Å². The summed E-state index contributed by atoms with van der Waals surface area (Å²) in [6.07, 6.45) is 0. The van der Waals surface area contributed by atoms with Crippen molar-refractivity contribution in [1.82, 2.24) is 5.32 Å². The van der Waals surface area contributed by atoms with Crippen molar-refractivity contribution in [3.63, 3.8) is 0 Å². The highest BCUT2D eigenvalue weighted by molar-refractivity contribution is 7.99. The van der Waals surface area contributed by atoms with Crippen molar-refractivity contribution < 1.29 is 9.31 Å². The van der Waals surface area contributed by atoms with Crippen LogP contribution in [0.25, 0.3) is 0 Å². The third-order valence-corrected chi connectivity index (χ3v) is 3.86. The van der Waals surface area contributed by atoms with Crippen LogP contribution in [0.5, 0.6) is 0 Å². The lowest BCUT2D eigenvalue weighted by Gasteiger charge is -2.08. The quantitative estimate of drug-likeness (QED) is 0.675. The molecule has 0 aliphatic carbocycles. The van der Waals surface area contributed by atoms with Gasteiger partial charge in [-0.2, -0.15) is 0 Å². The molecule has 0 aliphatic heterocycles. The van der Waals surface area contributed by atoms with E-state index >= 15 is 0 Å². The van der Waals surface area contributed by atoms with Crippen LogP contribution in [0.3, 0.4) is 0 Å². The predicted molar refractivity (Wildman–Crippen MR) is 76.4 cm³/mol. The number of nitro groups is 1. The summed E-state index contributed by atoms with van der Waals surface area (Å²) in [6.45, 7) is 0.665. The Morgan fingerprint density at radius 1 is 1.25 bits per heavy atom. The molecule has 1 N–H and O–H groups in total. The van der Waals surface area contributed by atoms with Crippen LogP contribution in [-0.2, 0) is 6.54 Å². The molecule has 0 amide bonds. The minimum atomic E-state index is -0.607. The molecule has 2 aromatic rings. The van der Waals surface area contributed by atoms with Crippen molar-refractivity contribution >= 4 is 17.4 Å². The molecule has 0 fully saturated rings. The van der Waals surface area contributed by atoms with Crippen LogP contribution in [0.15, 0.2) is 52.3 Å². The standard InChI is InChI=1S/C14H13FN2O2S/c1-16-9-10-4-2-3-5-13(10)20-14-7-6-11(15)8-12(14)17(18)19/h2-8,16H,9H2,1H3. The molecule has 0 bridgehead atoms. The Labute approximate surface area is 120 Å². The molecule has 0 spiro atoms. The van der Waals surface area contributed by atoms with Gasteiger partial charge in [-0.15, -0.1) is 0 Å². The highest BCUT2D eigenvalue weighted by Crippen LogP contribution is 2.36. The summed E-state index contributed by atoms with van der Waals surface area (Å²) in [5, 5.41) is 14.0. The van der Waals surface area contributed by atoms with Gasteiger partial charge in [-0.25, -0.2) is 4.39 Å². The second-order valence-corrected chi connectivity index (χ2v) is 5.19. The molecule has 4 nitrogen and oxygen atoms in total. The van der Waals surface area contributed by atoms with Crippen molar-refractivity contribution in [2.75, 3.05) is 7.05 Å². The normalized spacial score (nSPS) is 10.5. The van der Waals surface area contributed by atoms with Crippen LogP contribution in [-0.4, -0.2) is 12.0 Å². The van der Waals surface area contributed by atoms with Crippen LogP contribution in [0, 0.1) is 15.9 Å². The maximum atomic E-state index is 13.1. The largest absolute Gasteiger partial charge is 0.316 e.